The number of benzene rings is 1. The van der Waals surface area contributed by atoms with Gasteiger partial charge in [0.15, 0.2) is 0 Å². The first-order chi connectivity index (χ1) is 8.85. The van der Waals surface area contributed by atoms with Crippen molar-refractivity contribution in [2.24, 2.45) is 0 Å². The summed E-state index contributed by atoms with van der Waals surface area (Å²) in [5.74, 6) is 1.17. The molecule has 2 aromatic rings. The summed E-state index contributed by atoms with van der Waals surface area (Å²) in [6.45, 7) is 4.65. The lowest BCUT2D eigenvalue weighted by molar-refractivity contribution is 0.0418. The van der Waals surface area contributed by atoms with Crippen LogP contribution in [0.5, 0.6) is 0 Å². The minimum atomic E-state index is -0.739. The molecular formula is C14H20N4O. The third-order valence-corrected chi connectivity index (χ3v) is 2.75. The van der Waals surface area contributed by atoms with E-state index in [1.54, 1.807) is 13.8 Å². The molecule has 1 aromatic carbocycles. The average Bonchev–Trinajstić information content (AvgIpc) is 2.26. The highest BCUT2D eigenvalue weighted by Gasteiger charge is 2.16. The molecule has 0 bridgehead atoms. The smallest absolute Gasteiger partial charge is 0.145 e. The lowest BCUT2D eigenvalue weighted by Gasteiger charge is -2.24. The van der Waals surface area contributed by atoms with Crippen LogP contribution >= 0.6 is 0 Å². The largest absolute Gasteiger partial charge is 0.389 e. The van der Waals surface area contributed by atoms with Crippen molar-refractivity contribution in [3.8, 4) is 0 Å². The van der Waals surface area contributed by atoms with Gasteiger partial charge in [-0.25, -0.2) is 9.97 Å². The van der Waals surface area contributed by atoms with Crippen molar-refractivity contribution < 1.29 is 5.11 Å². The maximum absolute atomic E-state index is 9.79. The van der Waals surface area contributed by atoms with Crippen LogP contribution in [0.15, 0.2) is 24.3 Å². The maximum Gasteiger partial charge on any atom is 0.145 e. The first-order valence-electron chi connectivity index (χ1n) is 6.27. The number of rotatable bonds is 4. The Morgan fingerprint density at radius 3 is 2.63 bits per heavy atom. The summed E-state index contributed by atoms with van der Waals surface area (Å²) in [6, 6.07) is 7.68. The van der Waals surface area contributed by atoms with Crippen LogP contribution in [0.4, 0.5) is 5.82 Å². The summed E-state index contributed by atoms with van der Waals surface area (Å²) in [6.07, 6.45) is 0. The molecule has 1 aromatic heterocycles. The van der Waals surface area contributed by atoms with Crippen LogP contribution in [0.2, 0.25) is 0 Å². The molecule has 2 rings (SSSR count). The molecule has 0 fully saturated rings. The van der Waals surface area contributed by atoms with Gasteiger partial charge < -0.3 is 10.8 Å². The minimum Gasteiger partial charge on any atom is -0.389 e. The van der Waals surface area contributed by atoms with Crippen LogP contribution in [0.1, 0.15) is 19.7 Å². The predicted octanol–water partition coefficient (Wildman–Crippen LogP) is 1.41. The summed E-state index contributed by atoms with van der Waals surface area (Å²) < 4.78 is 0. The fourth-order valence-electron chi connectivity index (χ4n) is 2.18. The summed E-state index contributed by atoms with van der Waals surface area (Å²) in [5.41, 5.74) is 6.05. The Morgan fingerprint density at radius 1 is 1.26 bits per heavy atom. The SMILES string of the molecule is CN(Cc1nc(N)c2ccccc2n1)CC(C)(C)O. The third kappa shape index (κ3) is 3.62. The second-order valence-corrected chi connectivity index (χ2v) is 5.53. The first kappa shape index (κ1) is 13.7. The number of nitrogens with zero attached hydrogens (tertiary/aromatic N) is 3. The molecule has 5 heteroatoms. The summed E-state index contributed by atoms with van der Waals surface area (Å²) in [7, 11) is 1.92. The molecule has 102 valence electrons. The number of aromatic nitrogens is 2. The highest BCUT2D eigenvalue weighted by molar-refractivity contribution is 5.87. The van der Waals surface area contributed by atoms with E-state index in [1.807, 2.05) is 36.2 Å². The van der Waals surface area contributed by atoms with Crippen LogP contribution in [0.25, 0.3) is 10.9 Å². The zero-order valence-electron chi connectivity index (χ0n) is 11.6. The van der Waals surface area contributed by atoms with E-state index < -0.39 is 5.60 Å². The van der Waals surface area contributed by atoms with Gasteiger partial charge in [-0.15, -0.1) is 0 Å². The van der Waals surface area contributed by atoms with E-state index in [2.05, 4.69) is 9.97 Å². The van der Waals surface area contributed by atoms with Crippen molar-refractivity contribution in [2.45, 2.75) is 26.0 Å². The molecule has 0 aliphatic rings. The molecule has 0 spiro atoms. The number of hydrogen-bond acceptors (Lipinski definition) is 5. The first-order valence-corrected chi connectivity index (χ1v) is 6.27. The van der Waals surface area contributed by atoms with Gasteiger partial charge in [-0.3, -0.25) is 4.90 Å². The number of para-hydroxylation sites is 1. The predicted molar refractivity (Wildman–Crippen MR) is 76.6 cm³/mol. The van der Waals surface area contributed by atoms with E-state index in [4.69, 9.17) is 5.73 Å². The van der Waals surface area contributed by atoms with Crippen LogP contribution in [0, 0.1) is 0 Å². The molecule has 0 aliphatic heterocycles. The van der Waals surface area contributed by atoms with Gasteiger partial charge in [-0.05, 0) is 33.0 Å². The zero-order chi connectivity index (χ0) is 14.0. The lowest BCUT2D eigenvalue weighted by atomic mass is 10.1. The fraction of sp³-hybridized carbons (Fsp3) is 0.429. The van der Waals surface area contributed by atoms with Gasteiger partial charge in [0.25, 0.3) is 0 Å². The summed E-state index contributed by atoms with van der Waals surface area (Å²) in [5, 5.41) is 10.7. The fourth-order valence-corrected chi connectivity index (χ4v) is 2.18. The van der Waals surface area contributed by atoms with Gasteiger partial charge in [-0.1, -0.05) is 12.1 Å². The standard InChI is InChI=1S/C14H20N4O/c1-14(2,19)9-18(3)8-12-16-11-7-5-4-6-10(11)13(15)17-12/h4-7,19H,8-9H2,1-3H3,(H2,15,16,17). The van der Waals surface area contributed by atoms with Gasteiger partial charge in [0.1, 0.15) is 11.6 Å². The molecule has 1 heterocycles. The Hall–Kier alpha value is -1.72. The molecule has 0 unspecified atom stereocenters. The Bertz CT molecular complexity index is 577. The van der Waals surface area contributed by atoms with Crippen LogP contribution < -0.4 is 5.73 Å². The van der Waals surface area contributed by atoms with E-state index >= 15 is 0 Å². The monoisotopic (exact) mass is 260 g/mol. The number of nitrogens with two attached hydrogens (primary N) is 1. The third-order valence-electron chi connectivity index (χ3n) is 2.75. The quantitative estimate of drug-likeness (QED) is 0.869. The van der Waals surface area contributed by atoms with E-state index in [0.717, 1.165) is 10.9 Å². The van der Waals surface area contributed by atoms with Gasteiger partial charge in [0.2, 0.25) is 0 Å². The van der Waals surface area contributed by atoms with Crippen molar-refractivity contribution in [3.05, 3.63) is 30.1 Å². The van der Waals surface area contributed by atoms with Gasteiger partial charge in [0, 0.05) is 11.9 Å². The highest BCUT2D eigenvalue weighted by atomic mass is 16.3. The number of aliphatic hydroxyl groups is 1. The normalized spacial score (nSPS) is 12.3. The minimum absolute atomic E-state index is 0.497. The number of anilines is 1. The van der Waals surface area contributed by atoms with Crippen molar-refractivity contribution in [1.29, 1.82) is 0 Å². The van der Waals surface area contributed by atoms with Crippen LogP contribution in [-0.4, -0.2) is 39.2 Å². The molecule has 3 N–H and O–H groups in total. The Morgan fingerprint density at radius 2 is 1.95 bits per heavy atom. The van der Waals surface area contributed by atoms with Crippen LogP contribution in [0.3, 0.4) is 0 Å². The second kappa shape index (κ2) is 5.11. The molecule has 0 amide bonds. The Kier molecular flexibility index (Phi) is 3.68. The summed E-state index contributed by atoms with van der Waals surface area (Å²) in [4.78, 5) is 10.8. The van der Waals surface area contributed by atoms with Crippen molar-refractivity contribution in [3.63, 3.8) is 0 Å². The van der Waals surface area contributed by atoms with E-state index in [0.29, 0.717) is 24.7 Å². The van der Waals surface area contributed by atoms with Crippen molar-refractivity contribution >= 4 is 16.7 Å². The molecular weight excluding hydrogens is 240 g/mol. The lowest BCUT2D eigenvalue weighted by Crippen LogP contribution is -2.36. The average molecular weight is 260 g/mol. The number of fused-ring (bicyclic) bond motifs is 1. The Labute approximate surface area is 113 Å². The van der Waals surface area contributed by atoms with E-state index in [9.17, 15) is 5.11 Å². The van der Waals surface area contributed by atoms with Crippen LogP contribution in [-0.2, 0) is 6.54 Å². The van der Waals surface area contributed by atoms with Gasteiger partial charge >= 0.3 is 0 Å². The maximum atomic E-state index is 9.79. The molecule has 0 atom stereocenters. The second-order valence-electron chi connectivity index (χ2n) is 5.53. The highest BCUT2D eigenvalue weighted by Crippen LogP contribution is 2.17. The van der Waals surface area contributed by atoms with Gasteiger partial charge in [0.05, 0.1) is 17.7 Å². The molecule has 0 saturated heterocycles. The number of hydrogen-bond donors (Lipinski definition) is 2. The zero-order valence-corrected chi connectivity index (χ0v) is 11.6. The van der Waals surface area contributed by atoms with E-state index in [1.165, 1.54) is 0 Å². The topological polar surface area (TPSA) is 75.3 Å². The number of likely N-dealkylation sites (N-methyl/N-ethyl adjacent to an activating group) is 1. The molecule has 0 radical (unpaired) electrons. The summed E-state index contributed by atoms with van der Waals surface area (Å²) >= 11 is 0. The molecule has 0 aliphatic carbocycles. The van der Waals surface area contributed by atoms with Gasteiger partial charge in [-0.2, -0.15) is 0 Å². The molecule has 19 heavy (non-hydrogen) atoms. The van der Waals surface area contributed by atoms with Crippen molar-refractivity contribution in [2.75, 3.05) is 19.3 Å². The Balaban J connectivity index is 2.22. The van der Waals surface area contributed by atoms with E-state index in [-0.39, 0.29) is 0 Å². The number of nitrogen functional groups attached to an aromatic ring is 1. The molecule has 5 nitrogen and oxygen atoms in total. The van der Waals surface area contributed by atoms with Crippen molar-refractivity contribution in [1.82, 2.24) is 14.9 Å². The molecule has 0 saturated carbocycles.